The molecular weight excluding hydrogens is 206 g/mol. The molecule has 2 saturated heterocycles. The lowest BCUT2D eigenvalue weighted by Crippen LogP contribution is -2.41. The summed E-state index contributed by atoms with van der Waals surface area (Å²) in [5, 5.41) is 0. The maximum atomic E-state index is 11.6. The summed E-state index contributed by atoms with van der Waals surface area (Å²) >= 11 is 0. The minimum atomic E-state index is -0.196. The van der Waals surface area contributed by atoms with Crippen LogP contribution in [0.1, 0.15) is 19.8 Å². The van der Waals surface area contributed by atoms with Crippen molar-refractivity contribution in [2.24, 2.45) is 5.73 Å². The summed E-state index contributed by atoms with van der Waals surface area (Å²) < 4.78 is 5.15. The van der Waals surface area contributed by atoms with Crippen molar-refractivity contribution in [1.82, 2.24) is 9.80 Å². The Hall–Kier alpha value is -0.810. The van der Waals surface area contributed by atoms with Crippen LogP contribution >= 0.6 is 0 Å². The zero-order valence-corrected chi connectivity index (χ0v) is 9.89. The molecule has 2 heterocycles. The van der Waals surface area contributed by atoms with Crippen molar-refractivity contribution in [1.29, 1.82) is 0 Å². The first-order valence-corrected chi connectivity index (χ1v) is 6.14. The lowest BCUT2D eigenvalue weighted by Gasteiger charge is -2.26. The highest BCUT2D eigenvalue weighted by molar-refractivity contribution is 5.70. The van der Waals surface area contributed by atoms with Crippen LogP contribution in [-0.2, 0) is 4.74 Å². The van der Waals surface area contributed by atoms with E-state index in [1.165, 1.54) is 12.8 Å². The SMILES string of the molecule is CCN1CCCC1CN1C[C@H](CN)OC1=O. The third-order valence-electron chi connectivity index (χ3n) is 3.55. The van der Waals surface area contributed by atoms with Crippen LogP contribution in [0.2, 0.25) is 0 Å². The highest BCUT2D eigenvalue weighted by Crippen LogP contribution is 2.20. The maximum Gasteiger partial charge on any atom is 0.410 e. The average molecular weight is 227 g/mol. The van der Waals surface area contributed by atoms with E-state index < -0.39 is 0 Å². The molecule has 2 aliphatic rings. The Balaban J connectivity index is 1.87. The van der Waals surface area contributed by atoms with Crippen LogP contribution in [0.5, 0.6) is 0 Å². The quantitative estimate of drug-likeness (QED) is 0.748. The lowest BCUT2D eigenvalue weighted by molar-refractivity contribution is 0.130. The number of cyclic esters (lactones) is 1. The third kappa shape index (κ3) is 2.30. The molecule has 1 amide bonds. The summed E-state index contributed by atoms with van der Waals surface area (Å²) in [4.78, 5) is 15.8. The average Bonchev–Trinajstić information content (AvgIpc) is 2.86. The second-order valence-electron chi connectivity index (χ2n) is 4.57. The largest absolute Gasteiger partial charge is 0.443 e. The monoisotopic (exact) mass is 227 g/mol. The Labute approximate surface area is 96.5 Å². The molecular formula is C11H21N3O2. The van der Waals surface area contributed by atoms with E-state index in [1.807, 2.05) is 0 Å². The summed E-state index contributed by atoms with van der Waals surface area (Å²) in [6, 6.07) is 0.508. The van der Waals surface area contributed by atoms with Gasteiger partial charge in [-0.3, -0.25) is 4.90 Å². The van der Waals surface area contributed by atoms with Gasteiger partial charge >= 0.3 is 6.09 Å². The highest BCUT2D eigenvalue weighted by Gasteiger charge is 2.34. The van der Waals surface area contributed by atoms with Gasteiger partial charge < -0.3 is 15.4 Å². The van der Waals surface area contributed by atoms with E-state index >= 15 is 0 Å². The molecule has 2 rings (SSSR count). The maximum absolute atomic E-state index is 11.6. The number of amides is 1. The first kappa shape index (κ1) is 11.7. The topological polar surface area (TPSA) is 58.8 Å². The van der Waals surface area contributed by atoms with Crippen LogP contribution in [0.15, 0.2) is 0 Å². The Bertz CT molecular complexity index is 260. The number of carbonyl (C=O) groups is 1. The van der Waals surface area contributed by atoms with E-state index in [2.05, 4.69) is 11.8 Å². The molecule has 92 valence electrons. The fourth-order valence-corrected chi connectivity index (χ4v) is 2.62. The summed E-state index contributed by atoms with van der Waals surface area (Å²) in [6.07, 6.45) is 2.12. The molecule has 0 aromatic rings. The molecule has 0 aromatic carbocycles. The van der Waals surface area contributed by atoms with Crippen molar-refractivity contribution in [3.63, 3.8) is 0 Å². The van der Waals surface area contributed by atoms with Gasteiger partial charge in [0.25, 0.3) is 0 Å². The van der Waals surface area contributed by atoms with Gasteiger partial charge in [-0.05, 0) is 25.9 Å². The van der Waals surface area contributed by atoms with Crippen molar-refractivity contribution < 1.29 is 9.53 Å². The smallest absolute Gasteiger partial charge is 0.410 e. The van der Waals surface area contributed by atoms with Gasteiger partial charge in [-0.25, -0.2) is 4.79 Å². The summed E-state index contributed by atoms with van der Waals surface area (Å²) in [5.74, 6) is 0. The van der Waals surface area contributed by atoms with Crippen LogP contribution < -0.4 is 5.73 Å². The van der Waals surface area contributed by atoms with Gasteiger partial charge in [-0.1, -0.05) is 6.92 Å². The standard InChI is InChI=1S/C11H21N3O2/c1-2-13-5-3-4-9(13)7-14-8-10(6-12)16-11(14)15/h9-10H,2-8,12H2,1H3/t9?,10-/m0/s1. The molecule has 16 heavy (non-hydrogen) atoms. The molecule has 2 fully saturated rings. The number of hydrogen-bond acceptors (Lipinski definition) is 4. The van der Waals surface area contributed by atoms with Crippen LogP contribution in [-0.4, -0.2) is 60.8 Å². The molecule has 5 nitrogen and oxygen atoms in total. The molecule has 0 spiro atoms. The molecule has 2 N–H and O–H groups in total. The third-order valence-corrected chi connectivity index (χ3v) is 3.55. The van der Waals surface area contributed by atoms with Crippen LogP contribution in [0.3, 0.4) is 0 Å². The number of rotatable bonds is 4. The first-order chi connectivity index (χ1) is 7.74. The van der Waals surface area contributed by atoms with Gasteiger partial charge in [0.15, 0.2) is 0 Å². The first-order valence-electron chi connectivity index (χ1n) is 6.14. The predicted octanol–water partition coefficient (Wildman–Crippen LogP) is 0.250. The molecule has 5 heteroatoms. The van der Waals surface area contributed by atoms with Crippen molar-refractivity contribution in [2.45, 2.75) is 31.9 Å². The fourth-order valence-electron chi connectivity index (χ4n) is 2.62. The normalized spacial score (nSPS) is 31.1. The number of likely N-dealkylation sites (N-methyl/N-ethyl adjacent to an activating group) is 1. The Morgan fingerprint density at radius 1 is 1.56 bits per heavy atom. The van der Waals surface area contributed by atoms with Gasteiger partial charge in [0.1, 0.15) is 6.10 Å². The molecule has 0 aliphatic carbocycles. The van der Waals surface area contributed by atoms with E-state index in [-0.39, 0.29) is 12.2 Å². The fraction of sp³-hybridized carbons (Fsp3) is 0.909. The second kappa shape index (κ2) is 5.01. The molecule has 0 bridgehead atoms. The van der Waals surface area contributed by atoms with Crippen LogP contribution in [0, 0.1) is 0 Å². The Morgan fingerprint density at radius 3 is 3.00 bits per heavy atom. The number of hydrogen-bond donors (Lipinski definition) is 1. The van der Waals surface area contributed by atoms with Crippen molar-refractivity contribution in [3.05, 3.63) is 0 Å². The van der Waals surface area contributed by atoms with Crippen molar-refractivity contribution >= 4 is 6.09 Å². The van der Waals surface area contributed by atoms with Crippen LogP contribution in [0.25, 0.3) is 0 Å². The number of carbonyl (C=O) groups excluding carboxylic acids is 1. The van der Waals surface area contributed by atoms with Crippen molar-refractivity contribution in [3.8, 4) is 0 Å². The Morgan fingerprint density at radius 2 is 2.38 bits per heavy atom. The zero-order chi connectivity index (χ0) is 11.5. The van der Waals surface area contributed by atoms with Gasteiger partial charge in [0, 0.05) is 19.1 Å². The minimum absolute atomic E-state index is 0.107. The molecule has 0 radical (unpaired) electrons. The van der Waals surface area contributed by atoms with Gasteiger partial charge in [-0.15, -0.1) is 0 Å². The minimum Gasteiger partial charge on any atom is -0.443 e. The Kier molecular flexibility index (Phi) is 3.66. The molecule has 2 aliphatic heterocycles. The number of likely N-dealkylation sites (tertiary alicyclic amines) is 1. The number of ether oxygens (including phenoxy) is 1. The summed E-state index contributed by atoms with van der Waals surface area (Å²) in [6.45, 7) is 6.26. The van der Waals surface area contributed by atoms with E-state index in [4.69, 9.17) is 10.5 Å². The highest BCUT2D eigenvalue weighted by atomic mass is 16.6. The number of nitrogens with zero attached hydrogens (tertiary/aromatic N) is 2. The molecule has 2 atom stereocenters. The molecule has 0 saturated carbocycles. The summed E-state index contributed by atoms with van der Waals surface area (Å²) in [7, 11) is 0. The van der Waals surface area contributed by atoms with Crippen molar-refractivity contribution in [2.75, 3.05) is 32.7 Å². The van der Waals surface area contributed by atoms with Gasteiger partial charge in [0.2, 0.25) is 0 Å². The molecule has 0 aromatic heterocycles. The number of nitrogens with two attached hydrogens (primary N) is 1. The lowest BCUT2D eigenvalue weighted by atomic mass is 10.2. The van der Waals surface area contributed by atoms with Crippen LogP contribution in [0.4, 0.5) is 4.79 Å². The van der Waals surface area contributed by atoms with E-state index in [0.717, 1.165) is 19.6 Å². The van der Waals surface area contributed by atoms with Gasteiger partial charge in [-0.2, -0.15) is 0 Å². The predicted molar refractivity (Wildman–Crippen MR) is 61.2 cm³/mol. The van der Waals surface area contributed by atoms with Gasteiger partial charge in [0.05, 0.1) is 6.54 Å². The zero-order valence-electron chi connectivity index (χ0n) is 9.89. The van der Waals surface area contributed by atoms with E-state index in [9.17, 15) is 4.79 Å². The second-order valence-corrected chi connectivity index (χ2v) is 4.57. The summed E-state index contributed by atoms with van der Waals surface area (Å²) in [5.41, 5.74) is 5.51. The molecule has 1 unspecified atom stereocenters. The van der Waals surface area contributed by atoms with E-state index in [0.29, 0.717) is 19.1 Å². The van der Waals surface area contributed by atoms with E-state index in [1.54, 1.807) is 4.90 Å².